The molecule has 2 amide bonds. The van der Waals surface area contributed by atoms with Crippen molar-refractivity contribution in [2.24, 2.45) is 0 Å². The molecule has 0 bridgehead atoms. The summed E-state index contributed by atoms with van der Waals surface area (Å²) in [5, 5.41) is 3.80. The Labute approximate surface area is 250 Å². The standard InChI is InChI=1S/C32H36ClFN4O4/c1-36-30(23-10-4-5-11-26(23)34)29(24-19-27(41-2)28(42-3)20-25(24)32(36)40)31(39)35-12-7-13-37-14-16-38(17-15-37)22-9-6-8-21(33)18-22/h4-6,8-11,18-20,29-30H,7,12-17H2,1-3H3,(H,35,39)/t29-,30-/m0/s1. The minimum Gasteiger partial charge on any atom is -0.493 e. The number of fused-ring (bicyclic) bond motifs is 1. The van der Waals surface area contributed by atoms with Gasteiger partial charge >= 0.3 is 0 Å². The van der Waals surface area contributed by atoms with Crippen LogP contribution in [0.5, 0.6) is 11.5 Å². The molecule has 2 heterocycles. The zero-order valence-electron chi connectivity index (χ0n) is 24.1. The van der Waals surface area contributed by atoms with Crippen molar-refractivity contribution < 1.29 is 23.5 Å². The Morgan fingerprint density at radius 1 is 0.976 bits per heavy atom. The maximum atomic E-state index is 15.1. The largest absolute Gasteiger partial charge is 0.493 e. The molecular formula is C32H36ClFN4O4. The van der Waals surface area contributed by atoms with Gasteiger partial charge in [-0.05, 0) is 54.9 Å². The lowest BCUT2D eigenvalue weighted by Gasteiger charge is -2.40. The molecule has 3 aromatic rings. The fourth-order valence-electron chi connectivity index (χ4n) is 5.96. The van der Waals surface area contributed by atoms with Crippen LogP contribution in [-0.4, -0.2) is 82.1 Å². The van der Waals surface area contributed by atoms with Crippen LogP contribution in [-0.2, 0) is 4.79 Å². The highest BCUT2D eigenvalue weighted by Crippen LogP contribution is 2.46. The van der Waals surface area contributed by atoms with Gasteiger partial charge in [0.2, 0.25) is 5.91 Å². The monoisotopic (exact) mass is 594 g/mol. The van der Waals surface area contributed by atoms with E-state index in [9.17, 15) is 9.59 Å². The molecule has 0 saturated carbocycles. The number of piperazine rings is 1. The van der Waals surface area contributed by atoms with Gasteiger partial charge in [0.15, 0.2) is 11.5 Å². The molecule has 2 aliphatic heterocycles. The van der Waals surface area contributed by atoms with Crippen LogP contribution >= 0.6 is 11.6 Å². The van der Waals surface area contributed by atoms with Crippen LogP contribution in [0.1, 0.15) is 39.9 Å². The van der Waals surface area contributed by atoms with E-state index in [1.54, 1.807) is 37.4 Å². The van der Waals surface area contributed by atoms with Crippen LogP contribution in [0.3, 0.4) is 0 Å². The van der Waals surface area contributed by atoms with Crippen LogP contribution in [0, 0.1) is 5.82 Å². The quantitative estimate of drug-likeness (QED) is 0.361. The maximum Gasteiger partial charge on any atom is 0.254 e. The van der Waals surface area contributed by atoms with E-state index in [0.717, 1.165) is 49.9 Å². The molecule has 1 saturated heterocycles. The summed E-state index contributed by atoms with van der Waals surface area (Å²) in [4.78, 5) is 33.5. The van der Waals surface area contributed by atoms with E-state index in [4.69, 9.17) is 21.1 Å². The summed E-state index contributed by atoms with van der Waals surface area (Å²) >= 11 is 6.16. The molecule has 0 spiro atoms. The van der Waals surface area contributed by atoms with Crippen LogP contribution in [0.25, 0.3) is 0 Å². The van der Waals surface area contributed by atoms with Crippen molar-refractivity contribution >= 4 is 29.1 Å². The van der Waals surface area contributed by atoms with E-state index in [1.165, 1.54) is 25.2 Å². The number of carbonyl (C=O) groups is 2. The predicted molar refractivity (Wildman–Crippen MR) is 161 cm³/mol. The molecule has 2 atom stereocenters. The van der Waals surface area contributed by atoms with Gasteiger partial charge in [-0.1, -0.05) is 35.9 Å². The van der Waals surface area contributed by atoms with E-state index in [0.29, 0.717) is 29.2 Å². The second-order valence-electron chi connectivity index (χ2n) is 10.6. The number of ether oxygens (including phenoxy) is 2. The van der Waals surface area contributed by atoms with Crippen molar-refractivity contribution in [3.05, 3.63) is 88.2 Å². The molecule has 5 rings (SSSR count). The smallest absolute Gasteiger partial charge is 0.254 e. The van der Waals surface area contributed by atoms with Gasteiger partial charge in [0.25, 0.3) is 5.91 Å². The summed E-state index contributed by atoms with van der Waals surface area (Å²) in [5.41, 5.74) is 2.23. The zero-order chi connectivity index (χ0) is 29.8. The van der Waals surface area contributed by atoms with Gasteiger partial charge in [0.05, 0.1) is 26.2 Å². The molecular weight excluding hydrogens is 559 g/mol. The van der Waals surface area contributed by atoms with E-state index >= 15 is 4.39 Å². The minimum atomic E-state index is -0.847. The number of rotatable bonds is 9. The van der Waals surface area contributed by atoms with E-state index < -0.39 is 17.8 Å². The zero-order valence-corrected chi connectivity index (χ0v) is 24.9. The number of hydrogen-bond acceptors (Lipinski definition) is 6. The highest BCUT2D eigenvalue weighted by atomic mass is 35.5. The summed E-state index contributed by atoms with van der Waals surface area (Å²) in [5.74, 6) is -1.13. The molecule has 222 valence electrons. The molecule has 42 heavy (non-hydrogen) atoms. The van der Waals surface area contributed by atoms with Crippen molar-refractivity contribution in [2.45, 2.75) is 18.4 Å². The molecule has 0 aromatic heterocycles. The highest BCUT2D eigenvalue weighted by Gasteiger charge is 2.44. The van der Waals surface area contributed by atoms with Crippen LogP contribution in [0.4, 0.5) is 10.1 Å². The normalized spacial score (nSPS) is 18.9. The summed E-state index contributed by atoms with van der Waals surface area (Å²) in [7, 11) is 4.59. The lowest BCUT2D eigenvalue weighted by Crippen LogP contribution is -2.47. The van der Waals surface area contributed by atoms with E-state index in [1.807, 2.05) is 18.2 Å². The van der Waals surface area contributed by atoms with Gasteiger partial charge in [-0.25, -0.2) is 4.39 Å². The average molecular weight is 595 g/mol. The van der Waals surface area contributed by atoms with Crippen molar-refractivity contribution in [1.29, 1.82) is 0 Å². The van der Waals surface area contributed by atoms with Gasteiger partial charge in [0.1, 0.15) is 5.82 Å². The summed E-state index contributed by atoms with van der Waals surface area (Å²) in [6.45, 7) is 4.93. The average Bonchev–Trinajstić information content (AvgIpc) is 3.01. The molecule has 10 heteroatoms. The van der Waals surface area contributed by atoms with Gasteiger partial charge < -0.3 is 24.6 Å². The Balaban J connectivity index is 1.29. The van der Waals surface area contributed by atoms with E-state index in [-0.39, 0.29) is 17.4 Å². The molecule has 2 aliphatic rings. The third kappa shape index (κ3) is 6.03. The first-order valence-corrected chi connectivity index (χ1v) is 14.5. The third-order valence-corrected chi connectivity index (χ3v) is 8.41. The molecule has 1 fully saturated rings. The first kappa shape index (κ1) is 29.7. The van der Waals surface area contributed by atoms with Crippen LogP contribution in [0.2, 0.25) is 5.02 Å². The molecule has 1 N–H and O–H groups in total. The molecule has 0 aliphatic carbocycles. The molecule has 3 aromatic carbocycles. The number of nitrogens with one attached hydrogen (secondary N) is 1. The van der Waals surface area contributed by atoms with Crippen LogP contribution in [0.15, 0.2) is 60.7 Å². The lowest BCUT2D eigenvalue weighted by molar-refractivity contribution is -0.124. The van der Waals surface area contributed by atoms with E-state index in [2.05, 4.69) is 21.2 Å². The number of carbonyl (C=O) groups excluding carboxylic acids is 2. The first-order valence-electron chi connectivity index (χ1n) is 14.1. The Morgan fingerprint density at radius 3 is 2.38 bits per heavy atom. The number of nitrogens with zero attached hydrogens (tertiary/aromatic N) is 3. The third-order valence-electron chi connectivity index (χ3n) is 8.18. The summed E-state index contributed by atoms with van der Waals surface area (Å²) < 4.78 is 26.0. The number of halogens is 2. The van der Waals surface area contributed by atoms with Crippen molar-refractivity contribution in [3.8, 4) is 11.5 Å². The van der Waals surface area contributed by atoms with Gasteiger partial charge in [-0.15, -0.1) is 0 Å². The number of benzene rings is 3. The Hall–Kier alpha value is -3.82. The first-order chi connectivity index (χ1) is 20.3. The fourth-order valence-corrected chi connectivity index (χ4v) is 6.15. The SMILES string of the molecule is COc1cc2c(cc1OC)[C@H](C(=O)NCCCN1CCN(c3cccc(Cl)c3)CC1)[C@H](c1ccccc1F)N(C)C2=O. The van der Waals surface area contributed by atoms with Gasteiger partial charge in [-0.3, -0.25) is 14.5 Å². The number of likely N-dealkylation sites (N-methyl/N-ethyl adjacent to an activating group) is 1. The Kier molecular flexibility index (Phi) is 9.18. The lowest BCUT2D eigenvalue weighted by atomic mass is 9.79. The number of methoxy groups -OCH3 is 2. The van der Waals surface area contributed by atoms with Crippen LogP contribution < -0.4 is 19.7 Å². The van der Waals surface area contributed by atoms with Gasteiger partial charge in [0, 0.05) is 61.6 Å². The second-order valence-corrected chi connectivity index (χ2v) is 11.0. The molecule has 8 nitrogen and oxygen atoms in total. The number of anilines is 1. The number of amides is 2. The summed E-state index contributed by atoms with van der Waals surface area (Å²) in [6.07, 6.45) is 0.757. The van der Waals surface area contributed by atoms with Crippen molar-refractivity contribution in [1.82, 2.24) is 15.1 Å². The van der Waals surface area contributed by atoms with Crippen molar-refractivity contribution in [3.63, 3.8) is 0 Å². The summed E-state index contributed by atoms with van der Waals surface area (Å²) in [6, 6.07) is 16.6. The Morgan fingerprint density at radius 2 is 1.69 bits per heavy atom. The fraction of sp³-hybridized carbons (Fsp3) is 0.375. The van der Waals surface area contributed by atoms with Crippen molar-refractivity contribution in [2.75, 3.05) is 65.4 Å². The number of hydrogen-bond donors (Lipinski definition) is 1. The second kappa shape index (κ2) is 13.0. The molecule has 0 radical (unpaired) electrons. The minimum absolute atomic E-state index is 0.276. The topological polar surface area (TPSA) is 74.4 Å². The Bertz CT molecular complexity index is 1450. The van der Waals surface area contributed by atoms with Gasteiger partial charge in [-0.2, -0.15) is 0 Å². The predicted octanol–water partition coefficient (Wildman–Crippen LogP) is 4.74. The molecule has 0 unspecified atom stereocenters. The highest BCUT2D eigenvalue weighted by molar-refractivity contribution is 6.30. The maximum absolute atomic E-state index is 15.1.